The van der Waals surface area contributed by atoms with Crippen LogP contribution in [0.5, 0.6) is 0 Å². The van der Waals surface area contributed by atoms with Crippen LogP contribution >= 0.6 is 24.0 Å². The number of imidazole rings is 1. The maximum atomic E-state index is 6.29. The molecule has 0 radical (unpaired) electrons. The van der Waals surface area contributed by atoms with Crippen LogP contribution in [-0.2, 0) is 6.54 Å². The lowest BCUT2D eigenvalue weighted by molar-refractivity contribution is 0.259. The molecule has 1 saturated carbocycles. The minimum atomic E-state index is 0. The van der Waals surface area contributed by atoms with Crippen molar-refractivity contribution in [1.29, 1.82) is 0 Å². The van der Waals surface area contributed by atoms with Gasteiger partial charge in [-0.25, -0.2) is 4.98 Å². The molecule has 2 aliphatic rings. The molecule has 2 N–H and O–H groups in total. The van der Waals surface area contributed by atoms with Crippen molar-refractivity contribution in [2.45, 2.75) is 31.8 Å². The van der Waals surface area contributed by atoms with E-state index in [1.807, 2.05) is 22.7 Å². The van der Waals surface area contributed by atoms with Crippen molar-refractivity contribution in [3.63, 3.8) is 0 Å². The van der Waals surface area contributed by atoms with E-state index in [0.717, 1.165) is 35.4 Å². The monoisotopic (exact) mass is 340 g/mol. The SMILES string of the molecule is Cl.NC1CCCC2CN(Cc3cn4cc(Cl)ccc4n3)CC12. The molecule has 2 aromatic rings. The summed E-state index contributed by atoms with van der Waals surface area (Å²) in [5.41, 5.74) is 8.37. The summed E-state index contributed by atoms with van der Waals surface area (Å²) >= 11 is 6.02. The molecule has 2 aromatic heterocycles. The van der Waals surface area contributed by atoms with Crippen LogP contribution in [0.15, 0.2) is 24.5 Å². The molecule has 0 amide bonds. The predicted octanol–water partition coefficient (Wildman–Crippen LogP) is 2.97. The van der Waals surface area contributed by atoms with Crippen molar-refractivity contribution in [2.75, 3.05) is 13.1 Å². The topological polar surface area (TPSA) is 46.6 Å². The zero-order valence-corrected chi connectivity index (χ0v) is 14.1. The second kappa shape index (κ2) is 6.36. The zero-order chi connectivity index (χ0) is 14.4. The van der Waals surface area contributed by atoms with Crippen molar-refractivity contribution < 1.29 is 0 Å². The Morgan fingerprint density at radius 3 is 2.91 bits per heavy atom. The highest BCUT2D eigenvalue weighted by molar-refractivity contribution is 6.30. The van der Waals surface area contributed by atoms with Gasteiger partial charge in [-0.05, 0) is 36.8 Å². The summed E-state index contributed by atoms with van der Waals surface area (Å²) in [7, 11) is 0. The Morgan fingerprint density at radius 1 is 1.23 bits per heavy atom. The van der Waals surface area contributed by atoms with Crippen LogP contribution in [-0.4, -0.2) is 33.4 Å². The molecule has 1 saturated heterocycles. The molecule has 1 aliphatic carbocycles. The van der Waals surface area contributed by atoms with Crippen LogP contribution in [0.3, 0.4) is 0 Å². The van der Waals surface area contributed by atoms with Crippen LogP contribution in [0, 0.1) is 11.8 Å². The van der Waals surface area contributed by atoms with Gasteiger partial charge >= 0.3 is 0 Å². The van der Waals surface area contributed by atoms with Gasteiger partial charge in [-0.1, -0.05) is 18.0 Å². The van der Waals surface area contributed by atoms with Gasteiger partial charge in [0.05, 0.1) is 10.7 Å². The maximum absolute atomic E-state index is 6.29. The number of nitrogens with two attached hydrogens (primary N) is 1. The van der Waals surface area contributed by atoms with Crippen molar-refractivity contribution >= 4 is 29.7 Å². The Bertz CT molecular complexity index is 657. The molecule has 22 heavy (non-hydrogen) atoms. The fraction of sp³-hybridized carbons (Fsp3) is 0.562. The van der Waals surface area contributed by atoms with Crippen molar-refractivity contribution in [1.82, 2.24) is 14.3 Å². The van der Waals surface area contributed by atoms with E-state index < -0.39 is 0 Å². The second-order valence-electron chi connectivity index (χ2n) is 6.56. The average molecular weight is 341 g/mol. The molecule has 0 aromatic carbocycles. The number of halogens is 2. The third-order valence-corrected chi connectivity index (χ3v) is 5.30. The lowest BCUT2D eigenvalue weighted by Gasteiger charge is -2.29. The van der Waals surface area contributed by atoms with Gasteiger partial charge in [-0.15, -0.1) is 12.4 Å². The third kappa shape index (κ3) is 2.98. The number of likely N-dealkylation sites (tertiary alicyclic amines) is 1. The summed E-state index contributed by atoms with van der Waals surface area (Å²) in [6, 6.07) is 4.25. The molecule has 3 atom stereocenters. The summed E-state index contributed by atoms with van der Waals surface area (Å²) < 4.78 is 2.01. The maximum Gasteiger partial charge on any atom is 0.137 e. The quantitative estimate of drug-likeness (QED) is 0.914. The van der Waals surface area contributed by atoms with E-state index in [1.54, 1.807) is 0 Å². The van der Waals surface area contributed by atoms with E-state index in [2.05, 4.69) is 16.1 Å². The van der Waals surface area contributed by atoms with E-state index in [0.29, 0.717) is 12.0 Å². The normalized spacial score (nSPS) is 28.5. The van der Waals surface area contributed by atoms with Gasteiger partial charge in [0.25, 0.3) is 0 Å². The molecule has 0 bridgehead atoms. The van der Waals surface area contributed by atoms with Crippen molar-refractivity contribution in [3.05, 3.63) is 35.2 Å². The van der Waals surface area contributed by atoms with Gasteiger partial charge in [0.1, 0.15) is 5.65 Å². The number of hydrogen-bond donors (Lipinski definition) is 1. The van der Waals surface area contributed by atoms with Gasteiger partial charge in [-0.3, -0.25) is 4.90 Å². The van der Waals surface area contributed by atoms with Crippen LogP contribution in [0.4, 0.5) is 0 Å². The highest BCUT2D eigenvalue weighted by Crippen LogP contribution is 2.35. The molecule has 3 heterocycles. The molecule has 2 fully saturated rings. The van der Waals surface area contributed by atoms with E-state index in [-0.39, 0.29) is 12.4 Å². The lowest BCUT2D eigenvalue weighted by atomic mass is 9.78. The van der Waals surface area contributed by atoms with Crippen LogP contribution < -0.4 is 5.73 Å². The Balaban J connectivity index is 0.00000144. The summed E-state index contributed by atoms with van der Waals surface area (Å²) in [5, 5.41) is 0.740. The van der Waals surface area contributed by atoms with Crippen LogP contribution in [0.1, 0.15) is 25.0 Å². The van der Waals surface area contributed by atoms with Gasteiger partial charge in [0.15, 0.2) is 0 Å². The summed E-state index contributed by atoms with van der Waals surface area (Å²) in [6.45, 7) is 3.21. The fourth-order valence-corrected chi connectivity index (χ4v) is 4.23. The van der Waals surface area contributed by atoms with Gasteiger partial charge < -0.3 is 10.1 Å². The first-order valence-corrected chi connectivity index (χ1v) is 8.18. The zero-order valence-electron chi connectivity index (χ0n) is 12.5. The van der Waals surface area contributed by atoms with Crippen molar-refractivity contribution in [3.8, 4) is 0 Å². The highest BCUT2D eigenvalue weighted by Gasteiger charge is 2.38. The average Bonchev–Trinajstić information content (AvgIpc) is 3.02. The Morgan fingerprint density at radius 2 is 2.09 bits per heavy atom. The van der Waals surface area contributed by atoms with Crippen LogP contribution in [0.2, 0.25) is 5.02 Å². The van der Waals surface area contributed by atoms with Gasteiger partial charge in [0, 0.05) is 38.1 Å². The summed E-state index contributed by atoms with van der Waals surface area (Å²) in [4.78, 5) is 7.20. The smallest absolute Gasteiger partial charge is 0.137 e. The first-order chi connectivity index (χ1) is 10.2. The first-order valence-electron chi connectivity index (χ1n) is 7.80. The number of pyridine rings is 1. The van der Waals surface area contributed by atoms with Crippen LogP contribution in [0.25, 0.3) is 5.65 Å². The number of aromatic nitrogens is 2. The van der Waals surface area contributed by atoms with E-state index >= 15 is 0 Å². The van der Waals surface area contributed by atoms with Crippen molar-refractivity contribution in [2.24, 2.45) is 17.6 Å². The highest BCUT2D eigenvalue weighted by atomic mass is 35.5. The Kier molecular flexibility index (Phi) is 4.64. The fourth-order valence-electron chi connectivity index (χ4n) is 4.06. The molecule has 3 unspecified atom stereocenters. The standard InChI is InChI=1S/C16H21ClN4.ClH/c17-12-4-5-16-19-13(9-21(16)7-12)8-20-6-11-2-1-3-15(18)14(11)10-20;/h4-5,7,9,11,14-15H,1-3,6,8,10,18H2;1H. The molecule has 6 heteroatoms. The molecule has 1 aliphatic heterocycles. The number of hydrogen-bond acceptors (Lipinski definition) is 3. The molecular formula is C16H22Cl2N4. The molecule has 4 nitrogen and oxygen atoms in total. The molecule has 4 rings (SSSR count). The lowest BCUT2D eigenvalue weighted by Crippen LogP contribution is -2.38. The van der Waals surface area contributed by atoms with E-state index in [1.165, 1.54) is 25.8 Å². The summed E-state index contributed by atoms with van der Waals surface area (Å²) in [6.07, 6.45) is 7.83. The summed E-state index contributed by atoms with van der Waals surface area (Å²) in [5.74, 6) is 1.48. The van der Waals surface area contributed by atoms with E-state index in [4.69, 9.17) is 17.3 Å². The minimum Gasteiger partial charge on any atom is -0.327 e. The molecular weight excluding hydrogens is 319 g/mol. The van der Waals surface area contributed by atoms with Gasteiger partial charge in [0.2, 0.25) is 0 Å². The number of nitrogens with zero attached hydrogens (tertiary/aromatic N) is 3. The molecule has 0 spiro atoms. The molecule has 120 valence electrons. The minimum absolute atomic E-state index is 0. The van der Waals surface area contributed by atoms with E-state index in [9.17, 15) is 0 Å². The third-order valence-electron chi connectivity index (χ3n) is 5.08. The second-order valence-corrected chi connectivity index (χ2v) is 6.99. The number of rotatable bonds is 2. The Hall–Kier alpha value is -0.810. The largest absolute Gasteiger partial charge is 0.327 e. The first kappa shape index (κ1) is 16.1. The number of fused-ring (bicyclic) bond motifs is 2. The predicted molar refractivity (Wildman–Crippen MR) is 91.5 cm³/mol. The van der Waals surface area contributed by atoms with Gasteiger partial charge in [-0.2, -0.15) is 0 Å². The Labute approximate surface area is 142 Å².